The Balaban J connectivity index is 2.48. The Bertz CT molecular complexity index is 142. The SMILES string of the molecule is C=C1CCC(OC)C(OC)C1. The third-order valence-corrected chi connectivity index (χ3v) is 2.29. The van der Waals surface area contributed by atoms with Crippen LogP contribution < -0.4 is 0 Å². The van der Waals surface area contributed by atoms with E-state index in [-0.39, 0.29) is 12.2 Å². The van der Waals surface area contributed by atoms with E-state index in [2.05, 4.69) is 6.58 Å². The van der Waals surface area contributed by atoms with Crippen LogP contribution in [0.2, 0.25) is 0 Å². The van der Waals surface area contributed by atoms with Crippen molar-refractivity contribution >= 4 is 0 Å². The van der Waals surface area contributed by atoms with E-state index in [0.29, 0.717) is 0 Å². The van der Waals surface area contributed by atoms with Crippen molar-refractivity contribution < 1.29 is 9.47 Å². The molecule has 11 heavy (non-hydrogen) atoms. The maximum Gasteiger partial charge on any atom is 0.0869 e. The normalized spacial score (nSPS) is 32.4. The molecule has 0 aromatic carbocycles. The van der Waals surface area contributed by atoms with E-state index in [0.717, 1.165) is 19.3 Å². The zero-order valence-electron chi connectivity index (χ0n) is 7.30. The first-order valence-electron chi connectivity index (χ1n) is 4.00. The Morgan fingerprint density at radius 2 is 1.91 bits per heavy atom. The van der Waals surface area contributed by atoms with Crippen LogP contribution in [0.25, 0.3) is 0 Å². The highest BCUT2D eigenvalue weighted by Crippen LogP contribution is 2.25. The summed E-state index contributed by atoms with van der Waals surface area (Å²) in [5.74, 6) is 0. The molecule has 2 heteroatoms. The molecule has 0 spiro atoms. The van der Waals surface area contributed by atoms with Gasteiger partial charge in [0.2, 0.25) is 0 Å². The summed E-state index contributed by atoms with van der Waals surface area (Å²) in [5.41, 5.74) is 1.28. The topological polar surface area (TPSA) is 18.5 Å². The second-order valence-corrected chi connectivity index (χ2v) is 3.04. The molecule has 0 heterocycles. The standard InChI is InChI=1S/C9H16O2/c1-7-4-5-8(10-2)9(6-7)11-3/h8-9H,1,4-6H2,2-3H3. The quantitative estimate of drug-likeness (QED) is 0.567. The van der Waals surface area contributed by atoms with E-state index in [1.807, 2.05) is 0 Å². The van der Waals surface area contributed by atoms with E-state index in [9.17, 15) is 0 Å². The van der Waals surface area contributed by atoms with Gasteiger partial charge in [-0.05, 0) is 19.3 Å². The summed E-state index contributed by atoms with van der Waals surface area (Å²) < 4.78 is 10.6. The lowest BCUT2D eigenvalue weighted by molar-refractivity contribution is -0.0476. The summed E-state index contributed by atoms with van der Waals surface area (Å²) in [5, 5.41) is 0. The molecule has 1 aliphatic carbocycles. The molecule has 0 N–H and O–H groups in total. The molecule has 1 fully saturated rings. The molecule has 64 valence electrons. The molecule has 0 amide bonds. The summed E-state index contributed by atoms with van der Waals surface area (Å²) in [6.07, 6.45) is 3.58. The number of hydrogen-bond donors (Lipinski definition) is 0. The summed E-state index contributed by atoms with van der Waals surface area (Å²) in [4.78, 5) is 0. The molecule has 1 saturated carbocycles. The largest absolute Gasteiger partial charge is 0.379 e. The Morgan fingerprint density at radius 3 is 2.45 bits per heavy atom. The lowest BCUT2D eigenvalue weighted by Crippen LogP contribution is -2.33. The first-order valence-corrected chi connectivity index (χ1v) is 4.00. The number of rotatable bonds is 2. The Kier molecular flexibility index (Phi) is 3.09. The predicted octanol–water partition coefficient (Wildman–Crippen LogP) is 1.76. The van der Waals surface area contributed by atoms with Crippen LogP contribution in [0.3, 0.4) is 0 Å². The van der Waals surface area contributed by atoms with Crippen LogP contribution in [-0.2, 0) is 9.47 Å². The van der Waals surface area contributed by atoms with Crippen LogP contribution in [0.5, 0.6) is 0 Å². The maximum atomic E-state index is 5.28. The molecule has 0 bridgehead atoms. The lowest BCUT2D eigenvalue weighted by atomic mass is 9.91. The van der Waals surface area contributed by atoms with Crippen LogP contribution in [0.1, 0.15) is 19.3 Å². The Labute approximate surface area is 68.2 Å². The van der Waals surface area contributed by atoms with E-state index >= 15 is 0 Å². The molecule has 2 atom stereocenters. The maximum absolute atomic E-state index is 5.28. The smallest absolute Gasteiger partial charge is 0.0869 e. The van der Waals surface area contributed by atoms with Gasteiger partial charge in [-0.25, -0.2) is 0 Å². The van der Waals surface area contributed by atoms with Crippen molar-refractivity contribution in [3.8, 4) is 0 Å². The van der Waals surface area contributed by atoms with Crippen LogP contribution in [-0.4, -0.2) is 26.4 Å². The van der Waals surface area contributed by atoms with Gasteiger partial charge in [0.15, 0.2) is 0 Å². The van der Waals surface area contributed by atoms with Crippen LogP contribution in [0.15, 0.2) is 12.2 Å². The van der Waals surface area contributed by atoms with Crippen molar-refractivity contribution in [3.05, 3.63) is 12.2 Å². The Morgan fingerprint density at radius 1 is 1.27 bits per heavy atom. The molecule has 2 unspecified atom stereocenters. The second-order valence-electron chi connectivity index (χ2n) is 3.04. The van der Waals surface area contributed by atoms with Gasteiger partial charge in [0.25, 0.3) is 0 Å². The molecular weight excluding hydrogens is 140 g/mol. The molecule has 0 aliphatic heterocycles. The van der Waals surface area contributed by atoms with Crippen LogP contribution in [0, 0.1) is 0 Å². The molecule has 0 aromatic heterocycles. The van der Waals surface area contributed by atoms with E-state index in [4.69, 9.17) is 9.47 Å². The van der Waals surface area contributed by atoms with Gasteiger partial charge in [-0.3, -0.25) is 0 Å². The zero-order valence-corrected chi connectivity index (χ0v) is 7.30. The Hall–Kier alpha value is -0.340. The highest BCUT2D eigenvalue weighted by Gasteiger charge is 2.25. The van der Waals surface area contributed by atoms with Crippen molar-refractivity contribution in [1.29, 1.82) is 0 Å². The van der Waals surface area contributed by atoms with E-state index in [1.165, 1.54) is 5.57 Å². The molecule has 1 aliphatic rings. The van der Waals surface area contributed by atoms with Crippen molar-refractivity contribution in [3.63, 3.8) is 0 Å². The van der Waals surface area contributed by atoms with Crippen LogP contribution >= 0.6 is 0 Å². The fourth-order valence-electron chi connectivity index (χ4n) is 1.56. The van der Waals surface area contributed by atoms with Crippen molar-refractivity contribution in [2.24, 2.45) is 0 Å². The average molecular weight is 156 g/mol. The minimum absolute atomic E-state index is 0.223. The average Bonchev–Trinajstić information content (AvgIpc) is 2.04. The van der Waals surface area contributed by atoms with Crippen molar-refractivity contribution in [1.82, 2.24) is 0 Å². The van der Waals surface area contributed by atoms with Gasteiger partial charge >= 0.3 is 0 Å². The van der Waals surface area contributed by atoms with Gasteiger partial charge in [-0.1, -0.05) is 12.2 Å². The lowest BCUT2D eigenvalue weighted by Gasteiger charge is -2.30. The fraction of sp³-hybridized carbons (Fsp3) is 0.778. The van der Waals surface area contributed by atoms with Gasteiger partial charge in [0, 0.05) is 14.2 Å². The van der Waals surface area contributed by atoms with E-state index in [1.54, 1.807) is 14.2 Å². The highest BCUT2D eigenvalue weighted by molar-refractivity contribution is 5.02. The molecule has 0 saturated heterocycles. The monoisotopic (exact) mass is 156 g/mol. The van der Waals surface area contributed by atoms with Gasteiger partial charge in [0.1, 0.15) is 0 Å². The third kappa shape index (κ3) is 2.04. The van der Waals surface area contributed by atoms with E-state index < -0.39 is 0 Å². The second kappa shape index (κ2) is 3.88. The first-order chi connectivity index (χ1) is 5.27. The molecular formula is C9H16O2. The summed E-state index contributed by atoms with van der Waals surface area (Å²) in [6, 6.07) is 0. The van der Waals surface area contributed by atoms with Crippen molar-refractivity contribution in [2.45, 2.75) is 31.5 Å². The van der Waals surface area contributed by atoms with Gasteiger partial charge in [-0.15, -0.1) is 0 Å². The number of ether oxygens (including phenoxy) is 2. The van der Waals surface area contributed by atoms with Crippen LogP contribution in [0.4, 0.5) is 0 Å². The first kappa shape index (κ1) is 8.75. The number of methoxy groups -OCH3 is 2. The fourth-order valence-corrected chi connectivity index (χ4v) is 1.56. The summed E-state index contributed by atoms with van der Waals surface area (Å²) in [6.45, 7) is 3.95. The third-order valence-electron chi connectivity index (χ3n) is 2.29. The molecule has 1 rings (SSSR count). The minimum Gasteiger partial charge on any atom is -0.379 e. The zero-order chi connectivity index (χ0) is 8.27. The molecule has 0 aromatic rings. The molecule has 2 nitrogen and oxygen atoms in total. The van der Waals surface area contributed by atoms with Gasteiger partial charge in [-0.2, -0.15) is 0 Å². The molecule has 0 radical (unpaired) electrons. The predicted molar refractivity (Wildman–Crippen MR) is 44.6 cm³/mol. The summed E-state index contributed by atoms with van der Waals surface area (Å²) in [7, 11) is 3.47. The minimum atomic E-state index is 0.223. The highest BCUT2D eigenvalue weighted by atomic mass is 16.5. The van der Waals surface area contributed by atoms with Crippen molar-refractivity contribution in [2.75, 3.05) is 14.2 Å². The van der Waals surface area contributed by atoms with Gasteiger partial charge in [0.05, 0.1) is 12.2 Å². The number of hydrogen-bond acceptors (Lipinski definition) is 2. The summed E-state index contributed by atoms with van der Waals surface area (Å²) >= 11 is 0. The van der Waals surface area contributed by atoms with Gasteiger partial charge < -0.3 is 9.47 Å².